The zero-order valence-electron chi connectivity index (χ0n) is 5.81. The van der Waals surface area contributed by atoms with E-state index in [2.05, 4.69) is 9.68 Å². The molecule has 1 heterocycles. The van der Waals surface area contributed by atoms with Crippen LogP contribution in [0, 0.1) is 6.92 Å². The molecule has 1 aromatic rings. The molecule has 0 fully saturated rings. The van der Waals surface area contributed by atoms with Crippen LogP contribution in [0.1, 0.15) is 19.5 Å². The molecule has 0 bridgehead atoms. The van der Waals surface area contributed by atoms with Gasteiger partial charge in [0.2, 0.25) is 5.22 Å². The topological polar surface area (TPSA) is 26.0 Å². The minimum absolute atomic E-state index is 0.345. The van der Waals surface area contributed by atoms with Gasteiger partial charge in [0.1, 0.15) is 0 Å². The van der Waals surface area contributed by atoms with E-state index in [0.29, 0.717) is 5.22 Å². The maximum Gasteiger partial charge on any atom is 0.226 e. The van der Waals surface area contributed by atoms with Crippen molar-refractivity contribution in [3.05, 3.63) is 17.0 Å². The number of halogens is 1. The van der Waals surface area contributed by atoms with E-state index in [-0.39, 0.29) is 0 Å². The molecular formula is C6H10ClNO. The first-order valence-electron chi connectivity index (χ1n) is 2.88. The van der Waals surface area contributed by atoms with Gasteiger partial charge in [-0.3, -0.25) is 0 Å². The van der Waals surface area contributed by atoms with Crippen LogP contribution in [-0.2, 0) is 0 Å². The average molecular weight is 148 g/mol. The Bertz CT molecular complexity index is 145. The second kappa shape index (κ2) is 4.39. The molecule has 0 unspecified atom stereocenters. The van der Waals surface area contributed by atoms with E-state index in [4.69, 9.17) is 11.6 Å². The summed E-state index contributed by atoms with van der Waals surface area (Å²) in [7, 11) is 0. The number of nitrogens with zero attached hydrogens (tertiary/aromatic N) is 1. The zero-order valence-corrected chi connectivity index (χ0v) is 6.57. The third-order valence-electron chi connectivity index (χ3n) is 0.599. The zero-order chi connectivity index (χ0) is 7.28. The normalized spacial score (nSPS) is 8.00. The lowest BCUT2D eigenvalue weighted by Crippen LogP contribution is -1.59. The van der Waals surface area contributed by atoms with Crippen molar-refractivity contribution < 1.29 is 4.52 Å². The highest BCUT2D eigenvalue weighted by atomic mass is 35.5. The van der Waals surface area contributed by atoms with Crippen LogP contribution in [0.2, 0.25) is 5.22 Å². The van der Waals surface area contributed by atoms with Crippen molar-refractivity contribution in [1.82, 2.24) is 5.16 Å². The molecule has 9 heavy (non-hydrogen) atoms. The first-order valence-corrected chi connectivity index (χ1v) is 3.25. The van der Waals surface area contributed by atoms with Gasteiger partial charge < -0.3 is 4.52 Å². The summed E-state index contributed by atoms with van der Waals surface area (Å²) in [6, 6.07) is 1.65. The molecule has 0 atom stereocenters. The quantitative estimate of drug-likeness (QED) is 0.564. The first kappa shape index (κ1) is 8.50. The highest BCUT2D eigenvalue weighted by Gasteiger charge is 1.90. The van der Waals surface area contributed by atoms with Gasteiger partial charge in [-0.15, -0.1) is 0 Å². The molecule has 0 saturated carbocycles. The van der Waals surface area contributed by atoms with Crippen molar-refractivity contribution in [2.24, 2.45) is 0 Å². The van der Waals surface area contributed by atoms with Crippen molar-refractivity contribution >= 4 is 11.6 Å². The molecule has 0 aliphatic rings. The molecule has 52 valence electrons. The average Bonchev–Trinajstić information content (AvgIpc) is 2.20. The second-order valence-electron chi connectivity index (χ2n) is 1.27. The molecule has 0 spiro atoms. The molecular weight excluding hydrogens is 138 g/mol. The highest BCUT2D eigenvalue weighted by Crippen LogP contribution is 2.06. The fourth-order valence-electron chi connectivity index (χ4n) is 0.333. The number of aromatic nitrogens is 1. The van der Waals surface area contributed by atoms with Crippen LogP contribution in [0.25, 0.3) is 0 Å². The molecule has 0 aromatic carbocycles. The van der Waals surface area contributed by atoms with Gasteiger partial charge >= 0.3 is 0 Å². The van der Waals surface area contributed by atoms with Crippen molar-refractivity contribution in [3.63, 3.8) is 0 Å². The molecule has 0 amide bonds. The van der Waals surface area contributed by atoms with E-state index < -0.39 is 0 Å². The van der Waals surface area contributed by atoms with Gasteiger partial charge in [0, 0.05) is 6.07 Å². The summed E-state index contributed by atoms with van der Waals surface area (Å²) in [5, 5.41) is 3.85. The summed E-state index contributed by atoms with van der Waals surface area (Å²) >= 11 is 5.33. The Morgan fingerprint density at radius 3 is 2.22 bits per heavy atom. The molecule has 0 saturated heterocycles. The Kier molecular flexibility index (Phi) is 4.14. The summed E-state index contributed by atoms with van der Waals surface area (Å²) in [6.07, 6.45) is 0. The Hall–Kier alpha value is -0.500. The summed E-state index contributed by atoms with van der Waals surface area (Å²) in [6.45, 7) is 5.81. The molecule has 0 aliphatic heterocycles. The van der Waals surface area contributed by atoms with Crippen LogP contribution in [0.5, 0.6) is 0 Å². The number of hydrogen-bond donors (Lipinski definition) is 0. The molecule has 1 aromatic heterocycles. The van der Waals surface area contributed by atoms with E-state index in [1.165, 1.54) is 0 Å². The Labute approximate surface area is 59.8 Å². The second-order valence-corrected chi connectivity index (χ2v) is 1.64. The lowest BCUT2D eigenvalue weighted by Gasteiger charge is -1.62. The predicted molar refractivity (Wildman–Crippen MR) is 37.6 cm³/mol. The van der Waals surface area contributed by atoms with Crippen LogP contribution in [0.4, 0.5) is 0 Å². The van der Waals surface area contributed by atoms with Crippen LogP contribution >= 0.6 is 11.6 Å². The summed E-state index contributed by atoms with van der Waals surface area (Å²) < 4.78 is 4.48. The minimum atomic E-state index is 0.345. The lowest BCUT2D eigenvalue weighted by molar-refractivity contribution is 0.417. The SMILES string of the molecule is CC.Cc1cc(Cl)on1. The third kappa shape index (κ3) is 3.14. The lowest BCUT2D eigenvalue weighted by atomic mass is 10.5. The fraction of sp³-hybridized carbons (Fsp3) is 0.500. The van der Waals surface area contributed by atoms with Gasteiger partial charge in [0.15, 0.2) is 0 Å². The molecule has 0 aliphatic carbocycles. The van der Waals surface area contributed by atoms with Crippen LogP contribution in [0.3, 0.4) is 0 Å². The van der Waals surface area contributed by atoms with E-state index >= 15 is 0 Å². The summed E-state index contributed by atoms with van der Waals surface area (Å²) in [4.78, 5) is 0. The number of hydrogen-bond acceptors (Lipinski definition) is 2. The van der Waals surface area contributed by atoms with Crippen LogP contribution < -0.4 is 0 Å². The predicted octanol–water partition coefficient (Wildman–Crippen LogP) is 2.66. The van der Waals surface area contributed by atoms with Gasteiger partial charge in [-0.25, -0.2) is 0 Å². The maximum atomic E-state index is 5.33. The molecule has 1 rings (SSSR count). The van der Waals surface area contributed by atoms with E-state index in [1.807, 2.05) is 20.8 Å². The first-order chi connectivity index (χ1) is 4.29. The van der Waals surface area contributed by atoms with Crippen LogP contribution in [-0.4, -0.2) is 5.16 Å². The summed E-state index contributed by atoms with van der Waals surface area (Å²) in [5.41, 5.74) is 0.810. The van der Waals surface area contributed by atoms with Gasteiger partial charge in [0.05, 0.1) is 5.69 Å². The monoisotopic (exact) mass is 147 g/mol. The molecule has 0 N–H and O–H groups in total. The van der Waals surface area contributed by atoms with Crippen molar-refractivity contribution in [2.75, 3.05) is 0 Å². The molecule has 2 nitrogen and oxygen atoms in total. The maximum absolute atomic E-state index is 5.33. The Morgan fingerprint density at radius 2 is 2.11 bits per heavy atom. The Morgan fingerprint density at radius 1 is 1.56 bits per heavy atom. The molecule has 3 heteroatoms. The molecule has 0 radical (unpaired) electrons. The summed E-state index contributed by atoms with van der Waals surface area (Å²) in [5.74, 6) is 0. The number of aryl methyl sites for hydroxylation is 1. The smallest absolute Gasteiger partial charge is 0.226 e. The number of rotatable bonds is 0. The standard InChI is InChI=1S/C4H4ClNO.C2H6/c1-3-2-4(5)7-6-3;1-2/h2H,1H3;1-2H3. The van der Waals surface area contributed by atoms with E-state index in [9.17, 15) is 0 Å². The van der Waals surface area contributed by atoms with Crippen LogP contribution in [0.15, 0.2) is 10.6 Å². The van der Waals surface area contributed by atoms with Gasteiger partial charge in [0.25, 0.3) is 0 Å². The van der Waals surface area contributed by atoms with Gasteiger partial charge in [-0.1, -0.05) is 19.0 Å². The van der Waals surface area contributed by atoms with Crippen molar-refractivity contribution in [2.45, 2.75) is 20.8 Å². The Balaban J connectivity index is 0.000000291. The van der Waals surface area contributed by atoms with Crippen molar-refractivity contribution in [1.29, 1.82) is 0 Å². The largest absolute Gasteiger partial charge is 0.344 e. The van der Waals surface area contributed by atoms with Gasteiger partial charge in [-0.05, 0) is 18.5 Å². The van der Waals surface area contributed by atoms with Gasteiger partial charge in [-0.2, -0.15) is 0 Å². The van der Waals surface area contributed by atoms with E-state index in [1.54, 1.807) is 6.07 Å². The third-order valence-corrected chi connectivity index (χ3v) is 0.777. The minimum Gasteiger partial charge on any atom is -0.344 e. The fourth-order valence-corrected chi connectivity index (χ4v) is 0.525. The van der Waals surface area contributed by atoms with E-state index in [0.717, 1.165) is 5.69 Å². The van der Waals surface area contributed by atoms with Crippen molar-refractivity contribution in [3.8, 4) is 0 Å². The highest BCUT2D eigenvalue weighted by molar-refractivity contribution is 6.28.